The van der Waals surface area contributed by atoms with E-state index in [-0.39, 0.29) is 0 Å². The molecule has 1 aliphatic rings. The lowest BCUT2D eigenvalue weighted by Crippen LogP contribution is -2.22. The van der Waals surface area contributed by atoms with E-state index in [1.807, 2.05) is 35.5 Å². The normalized spacial score (nSPS) is 22.2. The lowest BCUT2D eigenvalue weighted by Gasteiger charge is -2.14. The Labute approximate surface area is 80.5 Å². The number of nitrogens with zero attached hydrogens (tertiary/aromatic N) is 1. The first-order chi connectivity index (χ1) is 6.27. The molecule has 1 aromatic rings. The van der Waals surface area contributed by atoms with Gasteiger partial charge in [0.15, 0.2) is 11.2 Å². The van der Waals surface area contributed by atoms with Crippen LogP contribution in [-0.4, -0.2) is 17.3 Å². The fourth-order valence-corrected chi connectivity index (χ4v) is 2.39. The first-order valence-electron chi connectivity index (χ1n) is 4.27. The zero-order valence-corrected chi connectivity index (χ0v) is 8.30. The van der Waals surface area contributed by atoms with Crippen molar-refractivity contribution in [1.82, 2.24) is 4.72 Å². The molecule has 0 aromatic heterocycles. The summed E-state index contributed by atoms with van der Waals surface area (Å²) in [7, 11) is 0. The Kier molecular flexibility index (Phi) is 2.33. The van der Waals surface area contributed by atoms with Gasteiger partial charge in [-0.2, -0.15) is 0 Å². The Balaban J connectivity index is 2.29. The highest BCUT2D eigenvalue weighted by atomic mass is 32.2. The minimum Gasteiger partial charge on any atom is -0.278 e. The van der Waals surface area contributed by atoms with Crippen LogP contribution in [0.15, 0.2) is 24.3 Å². The fourth-order valence-electron chi connectivity index (χ4n) is 1.40. The molecular formula is C9H12N2OS. The molecule has 70 valence electrons. The first-order valence-corrected chi connectivity index (χ1v) is 5.37. The maximum absolute atomic E-state index is 11.4. The van der Waals surface area contributed by atoms with Gasteiger partial charge in [0.1, 0.15) is 0 Å². The van der Waals surface area contributed by atoms with Crippen LogP contribution in [0.2, 0.25) is 0 Å². The van der Waals surface area contributed by atoms with Crippen LogP contribution in [0.3, 0.4) is 0 Å². The number of hydrogen-bond donors (Lipinski definition) is 1. The zero-order chi connectivity index (χ0) is 9.26. The second-order valence-electron chi connectivity index (χ2n) is 3.08. The monoisotopic (exact) mass is 196 g/mol. The Morgan fingerprint density at radius 1 is 1.54 bits per heavy atom. The van der Waals surface area contributed by atoms with Crippen LogP contribution in [0.4, 0.5) is 5.69 Å². The van der Waals surface area contributed by atoms with E-state index in [0.717, 1.165) is 18.8 Å². The number of aryl methyl sites for hydroxylation is 1. The molecule has 0 aliphatic carbocycles. The Hall–Kier alpha value is -0.870. The minimum absolute atomic E-state index is 0.792. The summed E-state index contributed by atoms with van der Waals surface area (Å²) in [5, 5.41) is 0. The van der Waals surface area contributed by atoms with Crippen LogP contribution in [0.1, 0.15) is 5.56 Å². The third-order valence-electron chi connectivity index (χ3n) is 2.03. The Morgan fingerprint density at radius 2 is 2.38 bits per heavy atom. The van der Waals surface area contributed by atoms with Crippen molar-refractivity contribution < 1.29 is 4.21 Å². The van der Waals surface area contributed by atoms with Gasteiger partial charge < -0.3 is 0 Å². The van der Waals surface area contributed by atoms with E-state index >= 15 is 0 Å². The predicted molar refractivity (Wildman–Crippen MR) is 54.7 cm³/mol. The van der Waals surface area contributed by atoms with Gasteiger partial charge in [0.05, 0.1) is 5.69 Å². The van der Waals surface area contributed by atoms with Gasteiger partial charge in [0.25, 0.3) is 0 Å². The van der Waals surface area contributed by atoms with Crippen molar-refractivity contribution in [3.05, 3.63) is 29.8 Å². The Bertz CT molecular complexity index is 340. The largest absolute Gasteiger partial charge is 0.278 e. The van der Waals surface area contributed by atoms with Gasteiger partial charge >= 0.3 is 0 Å². The van der Waals surface area contributed by atoms with Gasteiger partial charge in [0, 0.05) is 13.1 Å². The van der Waals surface area contributed by atoms with Gasteiger partial charge in [0.2, 0.25) is 0 Å². The minimum atomic E-state index is -1.04. The molecule has 13 heavy (non-hydrogen) atoms. The van der Waals surface area contributed by atoms with Gasteiger partial charge in [-0.15, -0.1) is 0 Å². The average Bonchev–Trinajstić information content (AvgIpc) is 2.51. The first kappa shape index (κ1) is 8.72. The van der Waals surface area contributed by atoms with Gasteiger partial charge in [-0.3, -0.25) is 4.31 Å². The summed E-state index contributed by atoms with van der Waals surface area (Å²) in [6, 6.07) is 8.05. The van der Waals surface area contributed by atoms with Crippen molar-refractivity contribution in [3.63, 3.8) is 0 Å². The van der Waals surface area contributed by atoms with Crippen molar-refractivity contribution in [3.8, 4) is 0 Å². The van der Waals surface area contributed by atoms with E-state index in [1.165, 1.54) is 5.56 Å². The van der Waals surface area contributed by atoms with Gasteiger partial charge in [-0.25, -0.2) is 8.93 Å². The maximum Gasteiger partial charge on any atom is 0.196 e. The van der Waals surface area contributed by atoms with Crippen molar-refractivity contribution in [2.24, 2.45) is 0 Å². The summed E-state index contributed by atoms with van der Waals surface area (Å²) in [5.74, 6) is 0. The molecule has 0 saturated carbocycles. The molecule has 2 rings (SSSR count). The Morgan fingerprint density at radius 3 is 3.00 bits per heavy atom. The molecular weight excluding hydrogens is 184 g/mol. The van der Waals surface area contributed by atoms with Crippen LogP contribution in [0.5, 0.6) is 0 Å². The highest BCUT2D eigenvalue weighted by Gasteiger charge is 2.19. The molecule has 1 aliphatic heterocycles. The number of benzene rings is 1. The van der Waals surface area contributed by atoms with Crippen LogP contribution in [0, 0.1) is 6.92 Å². The molecule has 1 N–H and O–H groups in total. The lowest BCUT2D eigenvalue weighted by atomic mass is 10.2. The van der Waals surface area contributed by atoms with E-state index in [9.17, 15) is 4.21 Å². The third kappa shape index (κ3) is 1.73. The van der Waals surface area contributed by atoms with Gasteiger partial charge in [-0.05, 0) is 24.6 Å². The zero-order valence-electron chi connectivity index (χ0n) is 7.49. The summed E-state index contributed by atoms with van der Waals surface area (Å²) in [5.41, 5.74) is 2.23. The lowest BCUT2D eigenvalue weighted by molar-refractivity contribution is 0.680. The standard InChI is InChI=1S/C9H12N2OS/c1-8-3-2-4-9(7-8)11-6-5-10-13(11)12/h2-4,7,10H,5-6H2,1H3. The van der Waals surface area contributed by atoms with E-state index in [0.29, 0.717) is 0 Å². The highest BCUT2D eigenvalue weighted by molar-refractivity contribution is 7.84. The average molecular weight is 196 g/mol. The summed E-state index contributed by atoms with van der Waals surface area (Å²) in [6.45, 7) is 3.65. The van der Waals surface area contributed by atoms with Crippen LogP contribution >= 0.6 is 0 Å². The smallest absolute Gasteiger partial charge is 0.196 e. The summed E-state index contributed by atoms with van der Waals surface area (Å²) in [4.78, 5) is 0. The quantitative estimate of drug-likeness (QED) is 0.713. The molecule has 1 atom stereocenters. The van der Waals surface area contributed by atoms with Gasteiger partial charge in [-0.1, -0.05) is 12.1 Å². The number of nitrogens with one attached hydrogen (secondary N) is 1. The van der Waals surface area contributed by atoms with E-state index in [2.05, 4.69) is 4.72 Å². The highest BCUT2D eigenvalue weighted by Crippen LogP contribution is 2.18. The van der Waals surface area contributed by atoms with E-state index in [1.54, 1.807) is 0 Å². The number of hydrogen-bond acceptors (Lipinski definition) is 1. The van der Waals surface area contributed by atoms with Crippen molar-refractivity contribution in [2.45, 2.75) is 6.92 Å². The summed E-state index contributed by atoms with van der Waals surface area (Å²) in [6.07, 6.45) is 0. The third-order valence-corrected chi connectivity index (χ3v) is 3.28. The fraction of sp³-hybridized carbons (Fsp3) is 0.333. The van der Waals surface area contributed by atoms with E-state index < -0.39 is 11.2 Å². The molecule has 0 spiro atoms. The number of rotatable bonds is 1. The molecule has 4 heteroatoms. The maximum atomic E-state index is 11.4. The molecule has 1 fully saturated rings. The molecule has 3 nitrogen and oxygen atoms in total. The molecule has 1 aromatic carbocycles. The topological polar surface area (TPSA) is 32.3 Å². The summed E-state index contributed by atoms with van der Waals surface area (Å²) < 4.78 is 16.2. The predicted octanol–water partition coefficient (Wildman–Crippen LogP) is 0.983. The van der Waals surface area contributed by atoms with Crippen molar-refractivity contribution in [2.75, 3.05) is 17.4 Å². The van der Waals surface area contributed by atoms with Crippen LogP contribution < -0.4 is 9.03 Å². The van der Waals surface area contributed by atoms with Crippen molar-refractivity contribution in [1.29, 1.82) is 0 Å². The second kappa shape index (κ2) is 3.47. The molecule has 0 bridgehead atoms. The second-order valence-corrected chi connectivity index (χ2v) is 4.31. The van der Waals surface area contributed by atoms with Crippen LogP contribution in [-0.2, 0) is 11.2 Å². The van der Waals surface area contributed by atoms with E-state index in [4.69, 9.17) is 0 Å². The molecule has 0 amide bonds. The SMILES string of the molecule is Cc1cccc(N2CCNS2=O)c1. The number of anilines is 1. The molecule has 1 saturated heterocycles. The molecule has 0 radical (unpaired) electrons. The molecule has 1 unspecified atom stereocenters. The molecule has 1 heterocycles. The van der Waals surface area contributed by atoms with Crippen molar-refractivity contribution >= 4 is 16.9 Å². The van der Waals surface area contributed by atoms with Crippen LogP contribution in [0.25, 0.3) is 0 Å². The summed E-state index contributed by atoms with van der Waals surface area (Å²) >= 11 is -1.04.